The summed E-state index contributed by atoms with van der Waals surface area (Å²) in [7, 11) is 0. The molecule has 0 N–H and O–H groups in total. The van der Waals surface area contributed by atoms with Crippen molar-refractivity contribution >= 4 is 0 Å². The van der Waals surface area contributed by atoms with Crippen molar-refractivity contribution in [2.75, 3.05) is 26.4 Å². The predicted molar refractivity (Wildman–Crippen MR) is 74.8 cm³/mol. The molecule has 1 rings (SSSR count). The monoisotopic (exact) mass is 268 g/mol. The summed E-state index contributed by atoms with van der Waals surface area (Å²) in [5.74, 6) is 1.63. The van der Waals surface area contributed by atoms with Gasteiger partial charge in [-0.15, -0.1) is 0 Å². The van der Waals surface area contributed by atoms with Crippen molar-refractivity contribution in [3.8, 4) is 11.5 Å². The SMILES string of the molecule is CCOc1cccc(OCCC(OCC)OCC)c1. The van der Waals surface area contributed by atoms with Gasteiger partial charge in [-0.2, -0.15) is 0 Å². The van der Waals surface area contributed by atoms with Gasteiger partial charge in [-0.25, -0.2) is 0 Å². The highest BCUT2D eigenvalue weighted by Gasteiger charge is 2.08. The second-order valence-corrected chi connectivity index (χ2v) is 3.89. The number of hydrogen-bond donors (Lipinski definition) is 0. The molecule has 0 radical (unpaired) electrons. The summed E-state index contributed by atoms with van der Waals surface area (Å²) in [4.78, 5) is 0. The fraction of sp³-hybridized carbons (Fsp3) is 0.600. The van der Waals surface area contributed by atoms with Crippen molar-refractivity contribution in [1.29, 1.82) is 0 Å². The maximum Gasteiger partial charge on any atom is 0.160 e. The summed E-state index contributed by atoms with van der Waals surface area (Å²) in [6.45, 7) is 8.37. The fourth-order valence-electron chi connectivity index (χ4n) is 1.68. The van der Waals surface area contributed by atoms with Crippen LogP contribution in [0.15, 0.2) is 24.3 Å². The maximum atomic E-state index is 5.68. The third-order valence-corrected chi connectivity index (χ3v) is 2.44. The summed E-state index contributed by atoms with van der Waals surface area (Å²) in [5.41, 5.74) is 0. The molecule has 0 fully saturated rings. The number of rotatable bonds is 10. The quantitative estimate of drug-likeness (QED) is 0.610. The van der Waals surface area contributed by atoms with Gasteiger partial charge in [-0.05, 0) is 32.9 Å². The van der Waals surface area contributed by atoms with Gasteiger partial charge in [-0.3, -0.25) is 0 Å². The second kappa shape index (κ2) is 9.64. The molecule has 108 valence electrons. The van der Waals surface area contributed by atoms with Gasteiger partial charge < -0.3 is 18.9 Å². The van der Waals surface area contributed by atoms with Gasteiger partial charge in [0, 0.05) is 25.7 Å². The molecule has 4 heteroatoms. The van der Waals surface area contributed by atoms with Crippen molar-refractivity contribution < 1.29 is 18.9 Å². The van der Waals surface area contributed by atoms with E-state index in [1.165, 1.54) is 0 Å². The lowest BCUT2D eigenvalue weighted by Crippen LogP contribution is -2.20. The Morgan fingerprint density at radius 3 is 2.11 bits per heavy atom. The Kier molecular flexibility index (Phi) is 8.02. The molecular formula is C15H24O4. The highest BCUT2D eigenvalue weighted by Crippen LogP contribution is 2.19. The number of hydrogen-bond acceptors (Lipinski definition) is 4. The highest BCUT2D eigenvalue weighted by molar-refractivity contribution is 5.32. The first-order chi connectivity index (χ1) is 9.30. The first-order valence-corrected chi connectivity index (χ1v) is 6.89. The normalized spacial score (nSPS) is 10.7. The summed E-state index contributed by atoms with van der Waals surface area (Å²) in [6, 6.07) is 7.64. The molecule has 0 aliphatic heterocycles. The first kappa shape index (κ1) is 15.8. The lowest BCUT2D eigenvalue weighted by atomic mass is 10.3. The third-order valence-electron chi connectivity index (χ3n) is 2.44. The Morgan fingerprint density at radius 2 is 1.53 bits per heavy atom. The Morgan fingerprint density at radius 1 is 0.895 bits per heavy atom. The van der Waals surface area contributed by atoms with Crippen LogP contribution in [0.3, 0.4) is 0 Å². The van der Waals surface area contributed by atoms with Gasteiger partial charge in [0.15, 0.2) is 6.29 Å². The van der Waals surface area contributed by atoms with Crippen LogP contribution >= 0.6 is 0 Å². The average molecular weight is 268 g/mol. The van der Waals surface area contributed by atoms with Crippen LogP contribution in [0, 0.1) is 0 Å². The number of ether oxygens (including phenoxy) is 4. The molecule has 1 aromatic rings. The largest absolute Gasteiger partial charge is 0.494 e. The van der Waals surface area contributed by atoms with Crippen LogP contribution in [0.5, 0.6) is 11.5 Å². The molecule has 4 nitrogen and oxygen atoms in total. The summed E-state index contributed by atoms with van der Waals surface area (Å²) >= 11 is 0. The molecule has 0 atom stereocenters. The van der Waals surface area contributed by atoms with E-state index in [2.05, 4.69) is 0 Å². The van der Waals surface area contributed by atoms with Crippen molar-refractivity contribution in [3.05, 3.63) is 24.3 Å². The van der Waals surface area contributed by atoms with E-state index < -0.39 is 0 Å². The van der Waals surface area contributed by atoms with Crippen LogP contribution < -0.4 is 9.47 Å². The van der Waals surface area contributed by atoms with Crippen molar-refractivity contribution in [3.63, 3.8) is 0 Å². The fourth-order valence-corrected chi connectivity index (χ4v) is 1.68. The Hall–Kier alpha value is -1.26. The molecule has 0 aromatic heterocycles. The highest BCUT2D eigenvalue weighted by atomic mass is 16.7. The van der Waals surface area contributed by atoms with Crippen LogP contribution in [0.2, 0.25) is 0 Å². The van der Waals surface area contributed by atoms with Gasteiger partial charge in [-0.1, -0.05) is 6.07 Å². The van der Waals surface area contributed by atoms with Crippen molar-refractivity contribution in [2.45, 2.75) is 33.5 Å². The molecule has 0 heterocycles. The Labute approximate surface area is 115 Å². The molecule has 19 heavy (non-hydrogen) atoms. The van der Waals surface area contributed by atoms with Crippen LogP contribution in [0.1, 0.15) is 27.2 Å². The molecule has 0 saturated heterocycles. The zero-order valence-electron chi connectivity index (χ0n) is 12.1. The lowest BCUT2D eigenvalue weighted by Gasteiger charge is -2.17. The minimum absolute atomic E-state index is 0.190. The van der Waals surface area contributed by atoms with Crippen LogP contribution in [0.4, 0.5) is 0 Å². The molecule has 0 unspecified atom stereocenters. The zero-order chi connectivity index (χ0) is 13.9. The number of benzene rings is 1. The first-order valence-electron chi connectivity index (χ1n) is 6.89. The molecule has 0 aliphatic rings. The minimum Gasteiger partial charge on any atom is -0.494 e. The van der Waals surface area contributed by atoms with Crippen molar-refractivity contribution in [2.24, 2.45) is 0 Å². The van der Waals surface area contributed by atoms with Crippen LogP contribution in [-0.4, -0.2) is 32.7 Å². The maximum absolute atomic E-state index is 5.68. The van der Waals surface area contributed by atoms with E-state index in [0.717, 1.165) is 11.5 Å². The van der Waals surface area contributed by atoms with Crippen LogP contribution in [-0.2, 0) is 9.47 Å². The molecular weight excluding hydrogens is 244 g/mol. The average Bonchev–Trinajstić information content (AvgIpc) is 2.40. The van der Waals surface area contributed by atoms with E-state index in [4.69, 9.17) is 18.9 Å². The third kappa shape index (κ3) is 6.45. The predicted octanol–water partition coefficient (Wildman–Crippen LogP) is 3.25. The van der Waals surface area contributed by atoms with E-state index in [0.29, 0.717) is 32.8 Å². The van der Waals surface area contributed by atoms with E-state index >= 15 is 0 Å². The van der Waals surface area contributed by atoms with E-state index in [1.807, 2.05) is 45.0 Å². The van der Waals surface area contributed by atoms with Gasteiger partial charge in [0.2, 0.25) is 0 Å². The van der Waals surface area contributed by atoms with Crippen LogP contribution in [0.25, 0.3) is 0 Å². The van der Waals surface area contributed by atoms with Gasteiger partial charge in [0.05, 0.1) is 13.2 Å². The van der Waals surface area contributed by atoms with E-state index in [-0.39, 0.29) is 6.29 Å². The molecule has 0 aliphatic carbocycles. The summed E-state index contributed by atoms with van der Waals surface area (Å²) in [5, 5.41) is 0. The topological polar surface area (TPSA) is 36.9 Å². The molecule has 0 bridgehead atoms. The lowest BCUT2D eigenvalue weighted by molar-refractivity contribution is -0.142. The zero-order valence-corrected chi connectivity index (χ0v) is 12.1. The minimum atomic E-state index is -0.190. The summed E-state index contributed by atoms with van der Waals surface area (Å²) < 4.78 is 22.0. The molecule has 0 saturated carbocycles. The van der Waals surface area contributed by atoms with Gasteiger partial charge in [0.25, 0.3) is 0 Å². The Bertz CT molecular complexity index is 335. The van der Waals surface area contributed by atoms with Gasteiger partial charge in [0.1, 0.15) is 11.5 Å². The summed E-state index contributed by atoms with van der Waals surface area (Å²) in [6.07, 6.45) is 0.519. The Balaban J connectivity index is 2.36. The smallest absolute Gasteiger partial charge is 0.160 e. The van der Waals surface area contributed by atoms with E-state index in [1.54, 1.807) is 0 Å². The second-order valence-electron chi connectivity index (χ2n) is 3.89. The standard InChI is InChI=1S/C15H24O4/c1-4-16-13-8-7-9-14(12-13)19-11-10-15(17-5-2)18-6-3/h7-9,12,15H,4-6,10-11H2,1-3H3. The molecule has 1 aromatic carbocycles. The van der Waals surface area contributed by atoms with Crippen molar-refractivity contribution in [1.82, 2.24) is 0 Å². The molecule has 0 amide bonds. The van der Waals surface area contributed by atoms with Gasteiger partial charge >= 0.3 is 0 Å². The van der Waals surface area contributed by atoms with E-state index in [9.17, 15) is 0 Å². The molecule has 0 spiro atoms.